The Hall–Kier alpha value is -3.01. The zero-order chi connectivity index (χ0) is 17.1. The number of methoxy groups -OCH3 is 3. The maximum Gasteiger partial charge on any atom is 0.331 e. The number of hydrogen-bond donors (Lipinski definition) is 0. The second-order valence-electron chi connectivity index (χ2n) is 5.30. The van der Waals surface area contributed by atoms with Gasteiger partial charge in [-0.1, -0.05) is 30.3 Å². The van der Waals surface area contributed by atoms with Crippen LogP contribution in [0.15, 0.2) is 48.5 Å². The lowest BCUT2D eigenvalue weighted by Crippen LogP contribution is -1.98. The van der Waals surface area contributed by atoms with Crippen molar-refractivity contribution in [1.82, 2.24) is 0 Å². The molecule has 2 aromatic rings. The predicted octanol–water partition coefficient (Wildman–Crippen LogP) is 3.81. The van der Waals surface area contributed by atoms with Crippen LogP contribution in [0.3, 0.4) is 0 Å². The van der Waals surface area contributed by atoms with Crippen molar-refractivity contribution in [3.63, 3.8) is 0 Å². The van der Waals surface area contributed by atoms with Crippen LogP contribution >= 0.6 is 0 Å². The largest absolute Gasteiger partial charge is 0.493 e. The Kier molecular flexibility index (Phi) is 4.38. The van der Waals surface area contributed by atoms with Gasteiger partial charge in [-0.15, -0.1) is 0 Å². The topological polar surface area (TPSA) is 44.8 Å². The summed E-state index contributed by atoms with van der Waals surface area (Å²) < 4.78 is 15.5. The van der Waals surface area contributed by atoms with Gasteiger partial charge < -0.3 is 14.2 Å². The molecule has 0 aromatic heterocycles. The number of ether oxygens (including phenoxy) is 3. The fourth-order valence-corrected chi connectivity index (χ4v) is 2.82. The summed E-state index contributed by atoms with van der Waals surface area (Å²) in [6, 6.07) is 13.7. The van der Waals surface area contributed by atoms with E-state index in [9.17, 15) is 4.79 Å². The molecule has 0 saturated heterocycles. The summed E-state index contributed by atoms with van der Waals surface area (Å²) in [5, 5.41) is 0. The van der Waals surface area contributed by atoms with E-state index in [1.165, 1.54) is 13.2 Å². The molecule has 0 saturated carbocycles. The molecule has 1 aliphatic rings. The molecule has 0 radical (unpaired) electrons. The van der Waals surface area contributed by atoms with Gasteiger partial charge in [0.2, 0.25) is 0 Å². The van der Waals surface area contributed by atoms with Crippen molar-refractivity contribution in [2.75, 3.05) is 21.3 Å². The van der Waals surface area contributed by atoms with Crippen LogP contribution in [-0.2, 0) is 9.53 Å². The monoisotopic (exact) mass is 322 g/mol. The highest BCUT2D eigenvalue weighted by atomic mass is 16.5. The first-order valence-corrected chi connectivity index (χ1v) is 7.51. The van der Waals surface area contributed by atoms with Crippen molar-refractivity contribution in [2.45, 2.75) is 0 Å². The van der Waals surface area contributed by atoms with E-state index in [4.69, 9.17) is 14.2 Å². The highest BCUT2D eigenvalue weighted by Gasteiger charge is 2.22. The first kappa shape index (κ1) is 15.9. The molecule has 4 heteroatoms. The molecule has 0 aliphatic heterocycles. The normalized spacial score (nSPS) is 14.1. The average Bonchev–Trinajstić information content (AvgIpc) is 2.99. The van der Waals surface area contributed by atoms with Gasteiger partial charge >= 0.3 is 5.97 Å². The number of carbonyl (C=O) groups excluding carboxylic acids is 1. The highest BCUT2D eigenvalue weighted by molar-refractivity contribution is 6.20. The number of allylic oxidation sites excluding steroid dienone is 2. The Bertz CT molecular complexity index is 846. The molecule has 0 fully saturated rings. The Balaban J connectivity index is 2.13. The van der Waals surface area contributed by atoms with Crippen LogP contribution in [0.1, 0.15) is 16.7 Å². The van der Waals surface area contributed by atoms with Crippen molar-refractivity contribution in [2.24, 2.45) is 0 Å². The Morgan fingerprint density at radius 1 is 0.958 bits per heavy atom. The number of hydrogen-bond acceptors (Lipinski definition) is 4. The lowest BCUT2D eigenvalue weighted by molar-refractivity contribution is -0.134. The molecule has 24 heavy (non-hydrogen) atoms. The van der Waals surface area contributed by atoms with Gasteiger partial charge in [0.05, 0.1) is 21.3 Å². The third-order valence-electron chi connectivity index (χ3n) is 4.00. The molecule has 0 bridgehead atoms. The van der Waals surface area contributed by atoms with Crippen LogP contribution in [0.25, 0.3) is 17.2 Å². The summed E-state index contributed by atoms with van der Waals surface area (Å²) in [5.41, 5.74) is 4.80. The van der Waals surface area contributed by atoms with Gasteiger partial charge in [0.1, 0.15) is 0 Å². The molecular weight excluding hydrogens is 304 g/mol. The van der Waals surface area contributed by atoms with Gasteiger partial charge in [0.15, 0.2) is 11.5 Å². The molecule has 0 spiro atoms. The number of carbonyl (C=O) groups is 1. The maximum atomic E-state index is 11.8. The van der Waals surface area contributed by atoms with Gasteiger partial charge in [0, 0.05) is 6.08 Å². The van der Waals surface area contributed by atoms with E-state index in [1.54, 1.807) is 14.2 Å². The lowest BCUT2D eigenvalue weighted by atomic mass is 9.97. The molecule has 122 valence electrons. The summed E-state index contributed by atoms with van der Waals surface area (Å²) in [6.45, 7) is 0. The van der Waals surface area contributed by atoms with Gasteiger partial charge in [-0.2, -0.15) is 0 Å². The summed E-state index contributed by atoms with van der Waals surface area (Å²) in [6.07, 6.45) is 3.58. The average molecular weight is 322 g/mol. The maximum absolute atomic E-state index is 11.8. The Morgan fingerprint density at radius 3 is 2.42 bits per heavy atom. The molecule has 0 unspecified atom stereocenters. The Morgan fingerprint density at radius 2 is 1.71 bits per heavy atom. The summed E-state index contributed by atoms with van der Waals surface area (Å²) in [7, 11) is 4.58. The van der Waals surface area contributed by atoms with Crippen LogP contribution in [-0.4, -0.2) is 27.3 Å². The number of rotatable bonds is 4. The molecule has 3 rings (SSSR count). The number of esters is 1. The molecule has 0 amide bonds. The van der Waals surface area contributed by atoms with Crippen LogP contribution in [0, 0.1) is 0 Å². The van der Waals surface area contributed by atoms with Gasteiger partial charge in [0.25, 0.3) is 0 Å². The van der Waals surface area contributed by atoms with Gasteiger partial charge in [-0.25, -0.2) is 4.79 Å². The van der Waals surface area contributed by atoms with Crippen molar-refractivity contribution in [3.8, 4) is 11.5 Å². The van der Waals surface area contributed by atoms with E-state index in [0.29, 0.717) is 11.5 Å². The molecule has 0 atom stereocenters. The van der Waals surface area contributed by atoms with Crippen molar-refractivity contribution < 1.29 is 19.0 Å². The predicted molar refractivity (Wildman–Crippen MR) is 93.9 cm³/mol. The number of benzene rings is 2. The minimum Gasteiger partial charge on any atom is -0.493 e. The lowest BCUT2D eigenvalue weighted by Gasteiger charge is -2.12. The molecule has 2 aromatic carbocycles. The van der Waals surface area contributed by atoms with E-state index in [-0.39, 0.29) is 5.97 Å². The summed E-state index contributed by atoms with van der Waals surface area (Å²) >= 11 is 0. The standard InChI is InChI=1S/C20H18O4/c1-22-18-9-8-14(11-19(18)23-2)16-10-13-6-4-5-7-15(13)17(16)12-20(21)24-3/h4-12H,1-3H3/b17-12+. The van der Waals surface area contributed by atoms with Gasteiger partial charge in [-0.05, 0) is 46.0 Å². The van der Waals surface area contributed by atoms with E-state index in [2.05, 4.69) is 6.08 Å². The second kappa shape index (κ2) is 6.62. The van der Waals surface area contributed by atoms with E-state index < -0.39 is 0 Å². The molecule has 0 N–H and O–H groups in total. The molecule has 4 nitrogen and oxygen atoms in total. The van der Waals surface area contributed by atoms with Crippen molar-refractivity contribution in [3.05, 3.63) is 65.2 Å². The molecular formula is C20H18O4. The molecule has 1 aliphatic carbocycles. The summed E-state index contributed by atoms with van der Waals surface area (Å²) in [5.74, 6) is 0.924. The van der Waals surface area contributed by atoms with Crippen LogP contribution in [0.5, 0.6) is 11.5 Å². The zero-order valence-corrected chi connectivity index (χ0v) is 13.8. The minimum absolute atomic E-state index is 0.381. The number of fused-ring (bicyclic) bond motifs is 1. The van der Waals surface area contributed by atoms with E-state index in [1.807, 2.05) is 42.5 Å². The molecule has 0 heterocycles. The Labute approximate surface area is 141 Å². The third-order valence-corrected chi connectivity index (χ3v) is 4.00. The van der Waals surface area contributed by atoms with E-state index in [0.717, 1.165) is 27.8 Å². The first-order valence-electron chi connectivity index (χ1n) is 7.51. The van der Waals surface area contributed by atoms with Crippen LogP contribution in [0.4, 0.5) is 0 Å². The fraction of sp³-hybridized carbons (Fsp3) is 0.150. The SMILES string of the molecule is COC(=O)/C=C1/C(c2ccc(OC)c(OC)c2)=Cc2ccccc21. The van der Waals surface area contributed by atoms with Gasteiger partial charge in [-0.3, -0.25) is 0 Å². The second-order valence-corrected chi connectivity index (χ2v) is 5.30. The van der Waals surface area contributed by atoms with Crippen LogP contribution < -0.4 is 9.47 Å². The van der Waals surface area contributed by atoms with Crippen molar-refractivity contribution >= 4 is 23.2 Å². The van der Waals surface area contributed by atoms with Crippen molar-refractivity contribution in [1.29, 1.82) is 0 Å². The van der Waals surface area contributed by atoms with Crippen LogP contribution in [0.2, 0.25) is 0 Å². The third kappa shape index (κ3) is 2.78. The smallest absolute Gasteiger partial charge is 0.331 e. The zero-order valence-electron chi connectivity index (χ0n) is 13.8. The highest BCUT2D eigenvalue weighted by Crippen LogP contribution is 2.43. The van der Waals surface area contributed by atoms with E-state index >= 15 is 0 Å². The quantitative estimate of drug-likeness (QED) is 0.634. The fourth-order valence-electron chi connectivity index (χ4n) is 2.82. The summed E-state index contributed by atoms with van der Waals surface area (Å²) in [4.78, 5) is 11.8. The first-order chi connectivity index (χ1) is 11.7. The minimum atomic E-state index is -0.381.